The molecular weight excluding hydrogens is 226 g/mol. The Morgan fingerprint density at radius 3 is 2.12 bits per heavy atom. The van der Waals surface area contributed by atoms with E-state index in [0.29, 0.717) is 0 Å². The van der Waals surface area contributed by atoms with Crippen molar-refractivity contribution < 1.29 is 25.2 Å². The van der Waals surface area contributed by atoms with Crippen LogP contribution >= 0.6 is 0 Å². The summed E-state index contributed by atoms with van der Waals surface area (Å²) in [5, 5.41) is 39.0. The van der Waals surface area contributed by atoms with Gasteiger partial charge in [0.1, 0.15) is 5.54 Å². The van der Waals surface area contributed by atoms with Gasteiger partial charge in [-0.2, -0.15) is 0 Å². The van der Waals surface area contributed by atoms with E-state index in [1.807, 2.05) is 0 Å². The highest BCUT2D eigenvalue weighted by molar-refractivity contribution is 5.94. The Bertz CT molecular complexity index is 381. The molecule has 0 fully saturated rings. The zero-order valence-corrected chi connectivity index (χ0v) is 9.13. The minimum absolute atomic E-state index is 0.00669. The van der Waals surface area contributed by atoms with E-state index in [4.69, 9.17) is 20.4 Å². The van der Waals surface area contributed by atoms with E-state index in [9.17, 15) is 4.79 Å². The lowest BCUT2D eigenvalue weighted by Crippen LogP contribution is -2.49. The number of hydrogen-bond acceptors (Lipinski definition) is 5. The van der Waals surface area contributed by atoms with Crippen LogP contribution < -0.4 is 5.32 Å². The second-order valence-corrected chi connectivity index (χ2v) is 3.73. The molecule has 94 valence electrons. The van der Waals surface area contributed by atoms with E-state index in [1.54, 1.807) is 12.1 Å². The molecule has 0 spiro atoms. The number of para-hydroxylation sites is 1. The van der Waals surface area contributed by atoms with Crippen LogP contribution in [0.5, 0.6) is 0 Å². The molecule has 0 saturated carbocycles. The average Bonchev–Trinajstić information content (AvgIpc) is 2.36. The number of hydrogen-bond donors (Lipinski definition) is 5. The number of carbonyl (C=O) groups is 1. The van der Waals surface area contributed by atoms with Crippen molar-refractivity contribution in [1.29, 1.82) is 0 Å². The number of anilines is 1. The molecule has 0 heterocycles. The van der Waals surface area contributed by atoms with Gasteiger partial charge in [-0.3, -0.25) is 0 Å². The van der Waals surface area contributed by atoms with Crippen molar-refractivity contribution in [1.82, 2.24) is 0 Å². The normalized spacial score (nSPS) is 11.2. The molecule has 0 saturated heterocycles. The summed E-state index contributed by atoms with van der Waals surface area (Å²) in [6.07, 6.45) is 0. The third-order valence-electron chi connectivity index (χ3n) is 2.47. The minimum atomic E-state index is -1.34. The second-order valence-electron chi connectivity index (χ2n) is 3.73. The van der Waals surface area contributed by atoms with Gasteiger partial charge in [-0.05, 0) is 12.1 Å². The van der Waals surface area contributed by atoms with Crippen LogP contribution in [0.15, 0.2) is 24.3 Å². The van der Waals surface area contributed by atoms with Crippen molar-refractivity contribution in [3.8, 4) is 0 Å². The van der Waals surface area contributed by atoms with Crippen LogP contribution in [0.1, 0.15) is 10.4 Å². The number of carboxylic acid groups (broad SMARTS) is 1. The highest BCUT2D eigenvalue weighted by Gasteiger charge is 2.29. The first-order valence-corrected chi connectivity index (χ1v) is 5.01. The third-order valence-corrected chi connectivity index (χ3v) is 2.47. The lowest BCUT2D eigenvalue weighted by molar-refractivity contribution is 0.0692. The Morgan fingerprint density at radius 1 is 1.12 bits per heavy atom. The summed E-state index contributed by atoms with van der Waals surface area (Å²) in [4.78, 5) is 10.9. The number of carboxylic acids is 1. The SMILES string of the molecule is O=C(O)c1ccccc1NC(CO)(CO)CO. The topological polar surface area (TPSA) is 110 Å². The van der Waals surface area contributed by atoms with E-state index >= 15 is 0 Å². The Balaban J connectivity index is 3.05. The maximum absolute atomic E-state index is 10.9. The lowest BCUT2D eigenvalue weighted by atomic mass is 10.0. The van der Waals surface area contributed by atoms with Crippen molar-refractivity contribution in [2.24, 2.45) is 0 Å². The molecule has 0 radical (unpaired) electrons. The van der Waals surface area contributed by atoms with Crippen LogP contribution in [-0.4, -0.2) is 51.8 Å². The number of aliphatic hydroxyl groups is 3. The van der Waals surface area contributed by atoms with Gasteiger partial charge in [0.15, 0.2) is 0 Å². The van der Waals surface area contributed by atoms with Crippen LogP contribution in [0.3, 0.4) is 0 Å². The van der Waals surface area contributed by atoms with Gasteiger partial charge in [0, 0.05) is 5.69 Å². The van der Waals surface area contributed by atoms with Crippen LogP contribution in [-0.2, 0) is 0 Å². The van der Waals surface area contributed by atoms with Gasteiger partial charge in [-0.1, -0.05) is 12.1 Å². The van der Waals surface area contributed by atoms with E-state index in [-0.39, 0.29) is 11.3 Å². The Hall–Kier alpha value is -1.63. The molecular formula is C11H15NO5. The molecule has 0 amide bonds. The smallest absolute Gasteiger partial charge is 0.337 e. The zero-order valence-electron chi connectivity index (χ0n) is 9.13. The fourth-order valence-corrected chi connectivity index (χ4v) is 1.33. The molecule has 0 bridgehead atoms. The monoisotopic (exact) mass is 241 g/mol. The number of benzene rings is 1. The van der Waals surface area contributed by atoms with Gasteiger partial charge in [0.25, 0.3) is 0 Å². The van der Waals surface area contributed by atoms with E-state index in [2.05, 4.69) is 5.32 Å². The van der Waals surface area contributed by atoms with Crippen molar-refractivity contribution in [2.45, 2.75) is 5.54 Å². The van der Waals surface area contributed by atoms with Crippen LogP contribution in [0, 0.1) is 0 Å². The maximum atomic E-state index is 10.9. The molecule has 6 nitrogen and oxygen atoms in total. The number of aliphatic hydroxyl groups excluding tert-OH is 3. The van der Waals surface area contributed by atoms with Crippen LogP contribution in [0.4, 0.5) is 5.69 Å². The first-order chi connectivity index (χ1) is 8.08. The Kier molecular flexibility index (Phi) is 4.45. The molecule has 0 aliphatic rings. The van der Waals surface area contributed by atoms with Crippen molar-refractivity contribution >= 4 is 11.7 Å². The number of aromatic carboxylic acids is 1. The molecule has 1 aromatic rings. The summed E-state index contributed by atoms with van der Waals surface area (Å²) in [7, 11) is 0. The summed E-state index contributed by atoms with van der Waals surface area (Å²) in [6, 6.07) is 6.07. The van der Waals surface area contributed by atoms with Gasteiger partial charge in [-0.15, -0.1) is 0 Å². The molecule has 0 aliphatic heterocycles. The molecule has 17 heavy (non-hydrogen) atoms. The van der Waals surface area contributed by atoms with Gasteiger partial charge in [0.2, 0.25) is 0 Å². The predicted molar refractivity (Wildman–Crippen MR) is 61.0 cm³/mol. The Labute approximate surface area is 98.1 Å². The van der Waals surface area contributed by atoms with Crippen molar-refractivity contribution in [2.75, 3.05) is 25.1 Å². The highest BCUT2D eigenvalue weighted by atomic mass is 16.4. The zero-order chi connectivity index (χ0) is 12.9. The highest BCUT2D eigenvalue weighted by Crippen LogP contribution is 2.19. The molecule has 1 rings (SSSR count). The fourth-order valence-electron chi connectivity index (χ4n) is 1.33. The average molecular weight is 241 g/mol. The maximum Gasteiger partial charge on any atom is 0.337 e. The first-order valence-electron chi connectivity index (χ1n) is 5.01. The number of rotatable bonds is 6. The standard InChI is InChI=1S/C11H15NO5/c13-5-11(6-14,7-15)12-9-4-2-1-3-8(9)10(16)17/h1-4,12-15H,5-7H2,(H,16,17). The van der Waals surface area contributed by atoms with Crippen molar-refractivity contribution in [3.05, 3.63) is 29.8 Å². The molecule has 0 atom stereocenters. The third kappa shape index (κ3) is 2.94. The number of nitrogens with one attached hydrogen (secondary N) is 1. The molecule has 1 aromatic carbocycles. The summed E-state index contributed by atoms with van der Waals surface area (Å²) in [5.74, 6) is -1.13. The second kappa shape index (κ2) is 5.62. The van der Waals surface area contributed by atoms with Crippen LogP contribution in [0.25, 0.3) is 0 Å². The summed E-state index contributed by atoms with van der Waals surface area (Å²) < 4.78 is 0. The molecule has 0 aromatic heterocycles. The van der Waals surface area contributed by atoms with Gasteiger partial charge >= 0.3 is 5.97 Å². The quantitative estimate of drug-likeness (QED) is 0.460. The largest absolute Gasteiger partial charge is 0.478 e. The van der Waals surface area contributed by atoms with E-state index < -0.39 is 31.3 Å². The summed E-state index contributed by atoms with van der Waals surface area (Å²) in [5.41, 5.74) is -1.10. The van der Waals surface area contributed by atoms with Gasteiger partial charge in [0.05, 0.1) is 25.4 Å². The summed E-state index contributed by atoms with van der Waals surface area (Å²) in [6.45, 7) is -1.56. The Morgan fingerprint density at radius 2 is 1.65 bits per heavy atom. The van der Waals surface area contributed by atoms with E-state index in [1.165, 1.54) is 12.1 Å². The summed E-state index contributed by atoms with van der Waals surface area (Å²) >= 11 is 0. The molecule has 0 unspecified atom stereocenters. The first kappa shape index (κ1) is 13.4. The predicted octanol–water partition coefficient (Wildman–Crippen LogP) is -0.488. The van der Waals surface area contributed by atoms with Crippen molar-refractivity contribution in [3.63, 3.8) is 0 Å². The molecule has 5 N–H and O–H groups in total. The van der Waals surface area contributed by atoms with Gasteiger partial charge in [-0.25, -0.2) is 4.79 Å². The van der Waals surface area contributed by atoms with E-state index in [0.717, 1.165) is 0 Å². The molecule has 6 heteroatoms. The van der Waals surface area contributed by atoms with Crippen LogP contribution in [0.2, 0.25) is 0 Å². The lowest BCUT2D eigenvalue weighted by Gasteiger charge is -2.30. The fraction of sp³-hybridized carbons (Fsp3) is 0.364. The molecule has 0 aliphatic carbocycles. The van der Waals surface area contributed by atoms with Gasteiger partial charge < -0.3 is 25.7 Å². The minimum Gasteiger partial charge on any atom is -0.478 e.